The van der Waals surface area contributed by atoms with Crippen molar-refractivity contribution in [3.8, 4) is 11.5 Å². The fraction of sp³-hybridized carbons (Fsp3) is 0.385. The number of amides is 2. The molecule has 0 spiro atoms. The number of halogens is 1. The van der Waals surface area contributed by atoms with E-state index in [9.17, 15) is 18.8 Å². The Kier molecular flexibility index (Phi) is 7.82. The van der Waals surface area contributed by atoms with Crippen molar-refractivity contribution in [3.05, 3.63) is 64.5 Å². The van der Waals surface area contributed by atoms with Crippen molar-refractivity contribution >= 4 is 22.7 Å². The number of aromatic nitrogens is 2. The van der Waals surface area contributed by atoms with Crippen LogP contribution in [-0.2, 0) is 22.6 Å². The topological polar surface area (TPSA) is 94.0 Å². The quantitative estimate of drug-likeness (QED) is 0.475. The zero-order valence-electron chi connectivity index (χ0n) is 20.4. The molecule has 10 heteroatoms. The zero-order valence-corrected chi connectivity index (χ0v) is 20.4. The average molecular weight is 497 g/mol. The van der Waals surface area contributed by atoms with Gasteiger partial charge in [0.2, 0.25) is 11.8 Å². The molecule has 0 N–H and O–H groups in total. The molecule has 1 aliphatic heterocycles. The molecule has 3 aromatic rings. The molecule has 190 valence electrons. The van der Waals surface area contributed by atoms with Gasteiger partial charge < -0.3 is 19.3 Å². The minimum absolute atomic E-state index is 0.00571. The molecule has 2 amide bonds. The molecule has 0 saturated carbocycles. The summed E-state index contributed by atoms with van der Waals surface area (Å²) in [6, 6.07) is 9.17. The minimum Gasteiger partial charge on any atom is -0.493 e. The molecule has 0 aliphatic carbocycles. The molecule has 1 saturated heterocycles. The zero-order chi connectivity index (χ0) is 25.7. The summed E-state index contributed by atoms with van der Waals surface area (Å²) in [6.07, 6.45) is 2.47. The van der Waals surface area contributed by atoms with Crippen LogP contribution in [0.4, 0.5) is 4.39 Å². The van der Waals surface area contributed by atoms with Gasteiger partial charge in [0.15, 0.2) is 11.5 Å². The largest absolute Gasteiger partial charge is 0.493 e. The summed E-state index contributed by atoms with van der Waals surface area (Å²) in [4.78, 5) is 46.0. The Hall–Kier alpha value is -3.95. The van der Waals surface area contributed by atoms with E-state index >= 15 is 0 Å². The van der Waals surface area contributed by atoms with Gasteiger partial charge in [-0.15, -0.1) is 0 Å². The van der Waals surface area contributed by atoms with Gasteiger partial charge in [0.25, 0.3) is 5.56 Å². The summed E-state index contributed by atoms with van der Waals surface area (Å²) < 4.78 is 25.1. The first-order chi connectivity index (χ1) is 17.4. The summed E-state index contributed by atoms with van der Waals surface area (Å²) in [5, 5.41) is 0.419. The third-order valence-corrected chi connectivity index (χ3v) is 6.37. The molecule has 4 rings (SSSR count). The highest BCUT2D eigenvalue weighted by atomic mass is 19.1. The van der Waals surface area contributed by atoms with E-state index in [2.05, 4.69) is 4.98 Å². The number of hydrogen-bond donors (Lipinski definition) is 0. The van der Waals surface area contributed by atoms with E-state index in [-0.39, 0.29) is 29.6 Å². The Balaban J connectivity index is 1.27. The fourth-order valence-corrected chi connectivity index (χ4v) is 4.30. The molecule has 1 aromatic heterocycles. The maximum absolute atomic E-state index is 13.1. The van der Waals surface area contributed by atoms with Crippen LogP contribution in [0.2, 0.25) is 0 Å². The van der Waals surface area contributed by atoms with Crippen LogP contribution in [0.1, 0.15) is 18.4 Å². The third-order valence-electron chi connectivity index (χ3n) is 6.37. The van der Waals surface area contributed by atoms with Crippen LogP contribution in [0.3, 0.4) is 0 Å². The summed E-state index contributed by atoms with van der Waals surface area (Å²) >= 11 is 0. The van der Waals surface area contributed by atoms with Gasteiger partial charge in [0.05, 0.1) is 37.9 Å². The molecule has 0 atom stereocenters. The van der Waals surface area contributed by atoms with E-state index in [1.807, 2.05) is 0 Å². The molecule has 2 aromatic carbocycles. The molecular formula is C26H29FN4O5. The fourth-order valence-electron chi connectivity index (χ4n) is 4.30. The number of benzene rings is 2. The van der Waals surface area contributed by atoms with E-state index in [1.165, 1.54) is 37.2 Å². The molecule has 0 bridgehead atoms. The van der Waals surface area contributed by atoms with Gasteiger partial charge in [-0.1, -0.05) is 12.1 Å². The normalized spacial score (nSPS) is 13.6. The van der Waals surface area contributed by atoms with Gasteiger partial charge in [0.1, 0.15) is 5.82 Å². The monoisotopic (exact) mass is 496 g/mol. The lowest BCUT2D eigenvalue weighted by atomic mass is 10.1. The van der Waals surface area contributed by atoms with Crippen molar-refractivity contribution < 1.29 is 23.5 Å². The van der Waals surface area contributed by atoms with Crippen molar-refractivity contribution in [2.45, 2.75) is 25.8 Å². The number of methoxy groups -OCH3 is 2. The van der Waals surface area contributed by atoms with Crippen LogP contribution in [0.25, 0.3) is 10.9 Å². The minimum atomic E-state index is -0.332. The molecule has 36 heavy (non-hydrogen) atoms. The van der Waals surface area contributed by atoms with Gasteiger partial charge in [0, 0.05) is 45.2 Å². The van der Waals surface area contributed by atoms with Crippen LogP contribution >= 0.6 is 0 Å². The van der Waals surface area contributed by atoms with E-state index < -0.39 is 0 Å². The molecule has 2 heterocycles. The molecule has 1 fully saturated rings. The predicted octanol–water partition coefficient (Wildman–Crippen LogP) is 2.25. The Morgan fingerprint density at radius 3 is 2.19 bits per heavy atom. The molecule has 9 nitrogen and oxygen atoms in total. The van der Waals surface area contributed by atoms with Gasteiger partial charge in [-0.3, -0.25) is 19.0 Å². The van der Waals surface area contributed by atoms with Crippen LogP contribution in [-0.4, -0.2) is 71.6 Å². The van der Waals surface area contributed by atoms with E-state index in [0.717, 1.165) is 5.56 Å². The Morgan fingerprint density at radius 1 is 0.944 bits per heavy atom. The van der Waals surface area contributed by atoms with Crippen molar-refractivity contribution in [1.29, 1.82) is 0 Å². The Labute approximate surface area is 208 Å². The maximum atomic E-state index is 13.1. The highest BCUT2D eigenvalue weighted by Gasteiger charge is 2.24. The lowest BCUT2D eigenvalue weighted by molar-refractivity contribution is -0.139. The van der Waals surface area contributed by atoms with Gasteiger partial charge in [-0.05, 0) is 30.2 Å². The Bertz CT molecular complexity index is 1300. The number of carbonyl (C=O) groups excluding carboxylic acids is 2. The number of aryl methyl sites for hydroxylation is 1. The second kappa shape index (κ2) is 11.2. The number of ether oxygens (including phenoxy) is 2. The number of hydrogen-bond acceptors (Lipinski definition) is 6. The number of carbonyl (C=O) groups is 2. The molecular weight excluding hydrogens is 467 g/mol. The third kappa shape index (κ3) is 5.64. The number of nitrogens with zero attached hydrogens (tertiary/aromatic N) is 4. The highest BCUT2D eigenvalue weighted by Crippen LogP contribution is 2.29. The molecule has 1 aliphatic rings. The number of rotatable bonds is 8. The first-order valence-electron chi connectivity index (χ1n) is 11.8. The Morgan fingerprint density at radius 2 is 1.56 bits per heavy atom. The van der Waals surface area contributed by atoms with Crippen molar-refractivity contribution in [2.24, 2.45) is 0 Å². The van der Waals surface area contributed by atoms with Crippen LogP contribution in [0.15, 0.2) is 47.5 Å². The average Bonchev–Trinajstić information content (AvgIpc) is 2.90. The van der Waals surface area contributed by atoms with Gasteiger partial charge >= 0.3 is 0 Å². The van der Waals surface area contributed by atoms with Crippen molar-refractivity contribution in [1.82, 2.24) is 19.4 Å². The maximum Gasteiger partial charge on any atom is 0.261 e. The van der Waals surface area contributed by atoms with E-state index in [0.29, 0.717) is 68.0 Å². The van der Waals surface area contributed by atoms with Gasteiger partial charge in [-0.25, -0.2) is 9.37 Å². The number of piperazine rings is 1. The second-order valence-corrected chi connectivity index (χ2v) is 8.64. The van der Waals surface area contributed by atoms with E-state index in [4.69, 9.17) is 9.47 Å². The van der Waals surface area contributed by atoms with Crippen LogP contribution in [0, 0.1) is 5.82 Å². The summed E-state index contributed by atoms with van der Waals surface area (Å²) in [5.74, 6) is 0.575. The SMILES string of the molecule is COc1cc2ncn(CCCC(=O)N3CCN(C(=O)Cc4ccc(F)cc4)CC3)c(=O)c2cc1OC. The molecule has 0 unspecified atom stereocenters. The van der Waals surface area contributed by atoms with Gasteiger partial charge in [-0.2, -0.15) is 0 Å². The van der Waals surface area contributed by atoms with Crippen molar-refractivity contribution in [3.63, 3.8) is 0 Å². The smallest absolute Gasteiger partial charge is 0.261 e. The lowest BCUT2D eigenvalue weighted by Gasteiger charge is -2.35. The highest BCUT2D eigenvalue weighted by molar-refractivity contribution is 5.82. The second-order valence-electron chi connectivity index (χ2n) is 8.64. The molecule has 0 radical (unpaired) electrons. The standard InChI is InChI=1S/C26H29FN4O5/c1-35-22-15-20-21(16-23(22)36-2)28-17-31(26(20)34)9-3-4-24(32)29-10-12-30(13-11-29)25(33)14-18-5-7-19(27)8-6-18/h5-8,15-17H,3-4,9-14H2,1-2H3. The van der Waals surface area contributed by atoms with E-state index in [1.54, 1.807) is 34.1 Å². The van der Waals surface area contributed by atoms with Crippen LogP contribution < -0.4 is 15.0 Å². The number of fused-ring (bicyclic) bond motifs is 1. The van der Waals surface area contributed by atoms with Crippen LogP contribution in [0.5, 0.6) is 11.5 Å². The van der Waals surface area contributed by atoms with Crippen molar-refractivity contribution in [2.75, 3.05) is 40.4 Å². The first kappa shape index (κ1) is 25.2. The summed E-state index contributed by atoms with van der Waals surface area (Å²) in [5.41, 5.74) is 1.06. The predicted molar refractivity (Wildman–Crippen MR) is 132 cm³/mol. The summed E-state index contributed by atoms with van der Waals surface area (Å²) in [7, 11) is 3.03. The summed E-state index contributed by atoms with van der Waals surface area (Å²) in [6.45, 7) is 2.22. The first-order valence-corrected chi connectivity index (χ1v) is 11.8. The lowest BCUT2D eigenvalue weighted by Crippen LogP contribution is -2.51.